The summed E-state index contributed by atoms with van der Waals surface area (Å²) < 4.78 is 12.7. The Kier molecular flexibility index (Phi) is 7.51. The molecule has 0 unspecified atom stereocenters. The van der Waals surface area contributed by atoms with Gasteiger partial charge in [0.1, 0.15) is 17.1 Å². The summed E-state index contributed by atoms with van der Waals surface area (Å²) in [6.07, 6.45) is 5.10. The average molecular weight is 553 g/mol. The number of rotatable bonds is 9. The molecule has 3 aromatic rings. The zero-order valence-corrected chi connectivity index (χ0v) is 23.3. The Morgan fingerprint density at radius 1 is 1.13 bits per heavy atom. The third kappa shape index (κ3) is 5.31. The molecule has 1 N–H and O–H groups in total. The third-order valence-electron chi connectivity index (χ3n) is 7.68. The molecule has 1 aliphatic heterocycles. The number of hydrogen-bond acceptors (Lipinski definition) is 8. The summed E-state index contributed by atoms with van der Waals surface area (Å²) in [5.41, 5.74) is 1.28. The normalized spacial score (nSPS) is 16.7. The highest BCUT2D eigenvalue weighted by atomic mass is 35.5. The SMILES string of the molecule is C=CC(=O)N1CCN(CC2(Cn3c(=O)c(-c4cc(OC)cc(OC)c4Cl)cc4cnc(NC)nc43)CC2)CC1. The van der Waals surface area contributed by atoms with E-state index in [-0.39, 0.29) is 16.9 Å². The van der Waals surface area contributed by atoms with Gasteiger partial charge in [-0.2, -0.15) is 4.98 Å². The lowest BCUT2D eigenvalue weighted by Crippen LogP contribution is -2.50. The molecule has 1 amide bonds. The highest BCUT2D eigenvalue weighted by Gasteiger charge is 2.45. The van der Waals surface area contributed by atoms with Crippen LogP contribution in [0.5, 0.6) is 11.5 Å². The zero-order valence-electron chi connectivity index (χ0n) is 22.5. The van der Waals surface area contributed by atoms with Gasteiger partial charge in [-0.3, -0.25) is 19.1 Å². The minimum Gasteiger partial charge on any atom is -0.497 e. The molecule has 3 heterocycles. The van der Waals surface area contributed by atoms with Crippen LogP contribution in [0.25, 0.3) is 22.2 Å². The first kappa shape index (κ1) is 27.0. The summed E-state index contributed by atoms with van der Waals surface area (Å²) in [6, 6.07) is 5.22. The van der Waals surface area contributed by atoms with Gasteiger partial charge < -0.3 is 19.7 Å². The number of ether oxygens (including phenoxy) is 2. The molecule has 0 bridgehead atoms. The molecule has 10 nitrogen and oxygen atoms in total. The molecule has 5 rings (SSSR count). The number of piperazine rings is 1. The predicted molar refractivity (Wildman–Crippen MR) is 152 cm³/mol. The third-order valence-corrected chi connectivity index (χ3v) is 8.07. The van der Waals surface area contributed by atoms with E-state index in [0.717, 1.165) is 37.9 Å². The van der Waals surface area contributed by atoms with Crippen LogP contribution in [-0.2, 0) is 11.3 Å². The lowest BCUT2D eigenvalue weighted by Gasteiger charge is -2.36. The standard InChI is InChI=1S/C28H33ClN6O4/c1-5-23(36)34-10-8-33(9-11-34)16-28(6-7-28)17-35-25-18(15-31-27(30-2)32-25)12-21(26(35)37)20-13-19(38-3)14-22(39-4)24(20)29/h5,12-15H,1,6-11,16-17H2,2-4H3,(H,30,31,32). The highest BCUT2D eigenvalue weighted by molar-refractivity contribution is 6.35. The van der Waals surface area contributed by atoms with E-state index in [0.29, 0.717) is 58.9 Å². The number of halogens is 1. The van der Waals surface area contributed by atoms with Crippen molar-refractivity contribution >= 4 is 34.5 Å². The second-order valence-corrected chi connectivity index (χ2v) is 10.5. The minimum absolute atomic E-state index is 0.0292. The fraction of sp³-hybridized carbons (Fsp3) is 0.429. The maximum absolute atomic E-state index is 14.2. The first-order chi connectivity index (χ1) is 18.8. The lowest BCUT2D eigenvalue weighted by atomic mass is 10.0. The molecule has 2 aliphatic rings. The van der Waals surface area contributed by atoms with Crippen molar-refractivity contribution in [3.05, 3.63) is 52.4 Å². The summed E-state index contributed by atoms with van der Waals surface area (Å²) >= 11 is 6.70. The van der Waals surface area contributed by atoms with E-state index in [1.165, 1.54) is 13.2 Å². The molecule has 206 valence electrons. The molecule has 39 heavy (non-hydrogen) atoms. The molecule has 0 spiro atoms. The number of aromatic nitrogens is 3. The predicted octanol–water partition coefficient (Wildman–Crippen LogP) is 3.28. The first-order valence-corrected chi connectivity index (χ1v) is 13.3. The first-order valence-electron chi connectivity index (χ1n) is 13.0. The van der Waals surface area contributed by atoms with E-state index in [2.05, 4.69) is 26.8 Å². The highest BCUT2D eigenvalue weighted by Crippen LogP contribution is 2.48. The van der Waals surface area contributed by atoms with E-state index in [4.69, 9.17) is 21.1 Å². The van der Waals surface area contributed by atoms with Crippen LogP contribution in [-0.4, -0.2) is 84.2 Å². The van der Waals surface area contributed by atoms with Crippen LogP contribution in [0.4, 0.5) is 5.95 Å². The number of nitrogens with one attached hydrogen (secondary N) is 1. The van der Waals surface area contributed by atoms with Gasteiger partial charge in [0.05, 0.1) is 19.2 Å². The fourth-order valence-electron chi connectivity index (χ4n) is 5.26. The van der Waals surface area contributed by atoms with Crippen LogP contribution in [0.2, 0.25) is 5.02 Å². The van der Waals surface area contributed by atoms with Crippen LogP contribution in [0.1, 0.15) is 12.8 Å². The second kappa shape index (κ2) is 10.9. The minimum atomic E-state index is -0.187. The summed E-state index contributed by atoms with van der Waals surface area (Å²) in [6.45, 7) is 7.89. The van der Waals surface area contributed by atoms with Gasteiger partial charge in [0, 0.05) is 80.5 Å². The summed E-state index contributed by atoms with van der Waals surface area (Å²) in [7, 11) is 4.84. The van der Waals surface area contributed by atoms with Crippen molar-refractivity contribution in [1.29, 1.82) is 0 Å². The van der Waals surface area contributed by atoms with Crippen LogP contribution >= 0.6 is 11.6 Å². The maximum Gasteiger partial charge on any atom is 0.260 e. The van der Waals surface area contributed by atoms with Crippen molar-refractivity contribution in [2.45, 2.75) is 19.4 Å². The molecular weight excluding hydrogens is 520 g/mol. The smallest absolute Gasteiger partial charge is 0.260 e. The molecule has 1 saturated heterocycles. The molecule has 2 fully saturated rings. The number of hydrogen-bond donors (Lipinski definition) is 1. The van der Waals surface area contributed by atoms with E-state index >= 15 is 0 Å². The van der Waals surface area contributed by atoms with Crippen molar-refractivity contribution in [2.24, 2.45) is 5.41 Å². The summed E-state index contributed by atoms with van der Waals surface area (Å²) in [5, 5.41) is 4.04. The van der Waals surface area contributed by atoms with Crippen molar-refractivity contribution in [1.82, 2.24) is 24.3 Å². The van der Waals surface area contributed by atoms with Gasteiger partial charge in [-0.1, -0.05) is 18.2 Å². The molecule has 0 radical (unpaired) electrons. The Morgan fingerprint density at radius 3 is 2.49 bits per heavy atom. The average Bonchev–Trinajstić information content (AvgIpc) is 3.73. The van der Waals surface area contributed by atoms with Gasteiger partial charge in [0.2, 0.25) is 11.9 Å². The Hall–Kier alpha value is -3.63. The number of amides is 1. The molecule has 1 aromatic carbocycles. The number of anilines is 1. The summed E-state index contributed by atoms with van der Waals surface area (Å²) in [5.74, 6) is 1.37. The van der Waals surface area contributed by atoms with Crippen molar-refractivity contribution in [3.63, 3.8) is 0 Å². The van der Waals surface area contributed by atoms with E-state index in [1.807, 2.05) is 4.90 Å². The van der Waals surface area contributed by atoms with Gasteiger partial charge in [0.25, 0.3) is 5.56 Å². The quantitative estimate of drug-likeness (QED) is 0.404. The fourth-order valence-corrected chi connectivity index (χ4v) is 5.55. The number of fused-ring (bicyclic) bond motifs is 1. The molecule has 11 heteroatoms. The Balaban J connectivity index is 1.53. The molecular formula is C28H33ClN6O4. The molecule has 1 saturated carbocycles. The van der Waals surface area contributed by atoms with E-state index in [9.17, 15) is 9.59 Å². The molecule has 1 aliphatic carbocycles. The van der Waals surface area contributed by atoms with Crippen LogP contribution < -0.4 is 20.3 Å². The second-order valence-electron chi connectivity index (χ2n) is 10.2. The zero-order chi connectivity index (χ0) is 27.7. The number of carbonyl (C=O) groups excluding carboxylic acids is 1. The Labute approximate surface area is 232 Å². The van der Waals surface area contributed by atoms with Crippen LogP contribution in [0.3, 0.4) is 0 Å². The van der Waals surface area contributed by atoms with Gasteiger partial charge in [0.15, 0.2) is 0 Å². The van der Waals surface area contributed by atoms with Gasteiger partial charge in [-0.15, -0.1) is 0 Å². The Bertz CT molecular complexity index is 1480. The molecule has 0 atom stereocenters. The monoisotopic (exact) mass is 552 g/mol. The Morgan fingerprint density at radius 2 is 1.87 bits per heavy atom. The molecule has 2 aromatic heterocycles. The van der Waals surface area contributed by atoms with E-state index in [1.54, 1.807) is 43.1 Å². The van der Waals surface area contributed by atoms with Gasteiger partial charge >= 0.3 is 0 Å². The number of carbonyl (C=O) groups is 1. The largest absolute Gasteiger partial charge is 0.497 e. The van der Waals surface area contributed by atoms with E-state index < -0.39 is 0 Å². The number of nitrogens with zero attached hydrogens (tertiary/aromatic N) is 5. The van der Waals surface area contributed by atoms with Crippen molar-refractivity contribution < 1.29 is 14.3 Å². The number of benzene rings is 1. The number of pyridine rings is 1. The number of methoxy groups -OCH3 is 2. The van der Waals surface area contributed by atoms with Gasteiger partial charge in [-0.05, 0) is 31.1 Å². The maximum atomic E-state index is 14.2. The summed E-state index contributed by atoms with van der Waals surface area (Å²) in [4.78, 5) is 39.4. The topological polar surface area (TPSA) is 102 Å². The lowest BCUT2D eigenvalue weighted by molar-refractivity contribution is -0.127. The van der Waals surface area contributed by atoms with Crippen molar-refractivity contribution in [3.8, 4) is 22.6 Å². The van der Waals surface area contributed by atoms with Crippen LogP contribution in [0.15, 0.2) is 41.8 Å². The van der Waals surface area contributed by atoms with Crippen LogP contribution in [0, 0.1) is 5.41 Å². The van der Waals surface area contributed by atoms with Gasteiger partial charge in [-0.25, -0.2) is 4.98 Å². The van der Waals surface area contributed by atoms with Crippen molar-refractivity contribution in [2.75, 3.05) is 59.3 Å².